The number of hydrogen-bond acceptors (Lipinski definition) is 1. The SMILES string of the molecule is COc1cc(I)c(I)c(C(F)F)c1. The van der Waals surface area contributed by atoms with Gasteiger partial charge in [0, 0.05) is 12.7 Å². The van der Waals surface area contributed by atoms with Gasteiger partial charge in [-0.2, -0.15) is 0 Å². The quantitative estimate of drug-likeness (QED) is 0.674. The first-order chi connectivity index (χ1) is 6.06. The fraction of sp³-hybridized carbons (Fsp3) is 0.250. The standard InChI is InChI=1S/C8H6F2I2O/c1-13-4-2-5(8(9)10)7(12)6(11)3-4/h2-3,8H,1H3. The molecule has 0 aromatic heterocycles. The van der Waals surface area contributed by atoms with Gasteiger partial charge in [-0.15, -0.1) is 0 Å². The van der Waals surface area contributed by atoms with E-state index in [-0.39, 0.29) is 5.56 Å². The number of rotatable bonds is 2. The summed E-state index contributed by atoms with van der Waals surface area (Å²) >= 11 is 3.92. The maximum Gasteiger partial charge on any atom is 0.265 e. The molecule has 1 aromatic carbocycles. The molecule has 13 heavy (non-hydrogen) atoms. The minimum atomic E-state index is -2.45. The number of benzene rings is 1. The van der Waals surface area contributed by atoms with Crippen molar-refractivity contribution in [3.8, 4) is 5.75 Å². The summed E-state index contributed by atoms with van der Waals surface area (Å²) in [5, 5.41) is 0. The normalized spacial score (nSPS) is 10.6. The largest absolute Gasteiger partial charge is 0.497 e. The Morgan fingerprint density at radius 3 is 2.38 bits per heavy atom. The fourth-order valence-electron chi connectivity index (χ4n) is 0.861. The molecule has 0 aliphatic heterocycles. The first-order valence-electron chi connectivity index (χ1n) is 3.37. The van der Waals surface area contributed by atoms with Crippen LogP contribution < -0.4 is 4.74 Å². The average Bonchev–Trinajstić information content (AvgIpc) is 2.09. The molecule has 1 nitrogen and oxygen atoms in total. The van der Waals surface area contributed by atoms with Crippen LogP contribution in [0, 0.1) is 7.14 Å². The molecule has 0 radical (unpaired) electrons. The zero-order valence-electron chi connectivity index (χ0n) is 6.65. The number of hydrogen-bond donors (Lipinski definition) is 0. The van der Waals surface area contributed by atoms with E-state index in [2.05, 4.69) is 0 Å². The summed E-state index contributed by atoms with van der Waals surface area (Å²) in [5.41, 5.74) is 0.0318. The Morgan fingerprint density at radius 2 is 1.92 bits per heavy atom. The van der Waals surface area contributed by atoms with Gasteiger partial charge in [0.2, 0.25) is 0 Å². The highest BCUT2D eigenvalue weighted by molar-refractivity contribution is 14.1. The maximum absolute atomic E-state index is 12.5. The summed E-state index contributed by atoms with van der Waals surface area (Å²) in [4.78, 5) is 0. The number of alkyl halides is 2. The molecule has 5 heteroatoms. The molecule has 0 heterocycles. The van der Waals surface area contributed by atoms with Crippen molar-refractivity contribution >= 4 is 45.2 Å². The van der Waals surface area contributed by atoms with Gasteiger partial charge in [0.05, 0.1) is 7.11 Å². The molecule has 0 atom stereocenters. The van der Waals surface area contributed by atoms with Crippen LogP contribution in [0.3, 0.4) is 0 Å². The Morgan fingerprint density at radius 1 is 1.31 bits per heavy atom. The van der Waals surface area contributed by atoms with E-state index in [1.54, 1.807) is 6.07 Å². The number of methoxy groups -OCH3 is 1. The maximum atomic E-state index is 12.5. The van der Waals surface area contributed by atoms with Crippen molar-refractivity contribution < 1.29 is 13.5 Å². The van der Waals surface area contributed by atoms with Crippen molar-refractivity contribution in [1.82, 2.24) is 0 Å². The predicted molar refractivity (Wildman–Crippen MR) is 63.4 cm³/mol. The lowest BCUT2D eigenvalue weighted by molar-refractivity contribution is 0.150. The van der Waals surface area contributed by atoms with Gasteiger partial charge in [-0.25, -0.2) is 8.78 Å². The van der Waals surface area contributed by atoms with Crippen LogP contribution in [0.2, 0.25) is 0 Å². The minimum Gasteiger partial charge on any atom is -0.497 e. The molecule has 0 aliphatic rings. The van der Waals surface area contributed by atoms with E-state index in [1.807, 2.05) is 45.2 Å². The first-order valence-corrected chi connectivity index (χ1v) is 5.53. The van der Waals surface area contributed by atoms with Crippen LogP contribution >= 0.6 is 45.2 Å². The molecular weight excluding hydrogens is 404 g/mol. The molecule has 0 aliphatic carbocycles. The Hall–Kier alpha value is 0.340. The molecule has 0 bridgehead atoms. The Labute approximate surface area is 102 Å². The molecule has 0 fully saturated rings. The summed E-state index contributed by atoms with van der Waals surface area (Å²) in [6, 6.07) is 3.10. The van der Waals surface area contributed by atoms with Crippen LogP contribution in [0.1, 0.15) is 12.0 Å². The van der Waals surface area contributed by atoms with Crippen LogP contribution in [0.5, 0.6) is 5.75 Å². The molecule has 0 amide bonds. The topological polar surface area (TPSA) is 9.23 Å². The second-order valence-corrected chi connectivity index (χ2v) is 4.55. The Kier molecular flexibility index (Phi) is 4.14. The molecule has 0 spiro atoms. The summed E-state index contributed by atoms with van der Waals surface area (Å²) in [5.74, 6) is 0.472. The number of halogens is 4. The van der Waals surface area contributed by atoms with Crippen LogP contribution in [0.4, 0.5) is 8.78 Å². The molecule has 72 valence electrons. The average molecular weight is 410 g/mol. The Bertz CT molecular complexity index is 315. The second-order valence-electron chi connectivity index (χ2n) is 2.31. The molecule has 0 saturated heterocycles. The van der Waals surface area contributed by atoms with Crippen molar-refractivity contribution in [3.05, 3.63) is 24.8 Å². The van der Waals surface area contributed by atoms with E-state index < -0.39 is 6.43 Å². The zero-order valence-corrected chi connectivity index (χ0v) is 11.0. The third-order valence-corrected chi connectivity index (χ3v) is 4.59. The van der Waals surface area contributed by atoms with E-state index in [0.717, 1.165) is 3.57 Å². The summed E-state index contributed by atoms with van der Waals surface area (Å²) in [7, 11) is 1.47. The highest BCUT2D eigenvalue weighted by Crippen LogP contribution is 2.31. The summed E-state index contributed by atoms with van der Waals surface area (Å²) in [6.45, 7) is 0. The minimum absolute atomic E-state index is 0.0318. The van der Waals surface area contributed by atoms with Crippen molar-refractivity contribution in [2.75, 3.05) is 7.11 Å². The fourth-order valence-corrected chi connectivity index (χ4v) is 2.03. The molecule has 1 rings (SSSR count). The van der Waals surface area contributed by atoms with Gasteiger partial charge in [0.25, 0.3) is 6.43 Å². The summed E-state index contributed by atoms with van der Waals surface area (Å²) < 4.78 is 31.2. The van der Waals surface area contributed by atoms with Crippen molar-refractivity contribution in [1.29, 1.82) is 0 Å². The number of ether oxygens (including phenoxy) is 1. The third kappa shape index (κ3) is 2.64. The van der Waals surface area contributed by atoms with Gasteiger partial charge in [0.15, 0.2) is 0 Å². The van der Waals surface area contributed by atoms with Crippen LogP contribution in [-0.4, -0.2) is 7.11 Å². The van der Waals surface area contributed by atoms with Gasteiger partial charge in [-0.3, -0.25) is 0 Å². The second kappa shape index (κ2) is 4.72. The van der Waals surface area contributed by atoms with Crippen molar-refractivity contribution in [2.24, 2.45) is 0 Å². The van der Waals surface area contributed by atoms with Crippen LogP contribution in [0.25, 0.3) is 0 Å². The summed E-state index contributed by atoms with van der Waals surface area (Å²) in [6.07, 6.45) is -2.45. The van der Waals surface area contributed by atoms with E-state index in [9.17, 15) is 8.78 Å². The van der Waals surface area contributed by atoms with Gasteiger partial charge < -0.3 is 4.74 Å². The zero-order chi connectivity index (χ0) is 10.0. The Balaban J connectivity index is 3.25. The lowest BCUT2D eigenvalue weighted by Gasteiger charge is -2.08. The monoisotopic (exact) mass is 410 g/mol. The van der Waals surface area contributed by atoms with Crippen LogP contribution in [-0.2, 0) is 0 Å². The molecule has 0 saturated carbocycles. The first kappa shape index (κ1) is 11.4. The molecule has 1 aromatic rings. The van der Waals surface area contributed by atoms with Gasteiger partial charge in [-0.05, 0) is 57.3 Å². The van der Waals surface area contributed by atoms with E-state index in [4.69, 9.17) is 4.74 Å². The van der Waals surface area contributed by atoms with Crippen molar-refractivity contribution in [2.45, 2.75) is 6.43 Å². The smallest absolute Gasteiger partial charge is 0.265 e. The van der Waals surface area contributed by atoms with E-state index in [0.29, 0.717) is 9.32 Å². The lowest BCUT2D eigenvalue weighted by Crippen LogP contribution is -1.94. The van der Waals surface area contributed by atoms with E-state index >= 15 is 0 Å². The van der Waals surface area contributed by atoms with Crippen molar-refractivity contribution in [3.63, 3.8) is 0 Å². The van der Waals surface area contributed by atoms with E-state index in [1.165, 1.54) is 13.2 Å². The molecular formula is C8H6F2I2O. The highest BCUT2D eigenvalue weighted by Gasteiger charge is 2.15. The lowest BCUT2D eigenvalue weighted by atomic mass is 10.2. The predicted octanol–water partition coefficient (Wildman–Crippen LogP) is 3.84. The third-order valence-electron chi connectivity index (χ3n) is 1.50. The molecule has 0 unspecified atom stereocenters. The van der Waals surface area contributed by atoms with Crippen LogP contribution in [0.15, 0.2) is 12.1 Å². The van der Waals surface area contributed by atoms with Gasteiger partial charge in [-0.1, -0.05) is 0 Å². The highest BCUT2D eigenvalue weighted by atomic mass is 127. The van der Waals surface area contributed by atoms with Gasteiger partial charge in [0.1, 0.15) is 5.75 Å². The van der Waals surface area contributed by atoms with Gasteiger partial charge >= 0.3 is 0 Å². The molecule has 0 N–H and O–H groups in total.